The van der Waals surface area contributed by atoms with E-state index in [1.807, 2.05) is 13.8 Å². The Labute approximate surface area is 168 Å². The van der Waals surface area contributed by atoms with Crippen LogP contribution in [0, 0.1) is 5.92 Å². The van der Waals surface area contributed by atoms with Crippen LogP contribution >= 0.6 is 0 Å². The van der Waals surface area contributed by atoms with Crippen LogP contribution in [0.5, 0.6) is 0 Å². The topological polar surface area (TPSA) is 75.3 Å². The Bertz CT molecular complexity index is 369. The van der Waals surface area contributed by atoms with E-state index in [4.69, 9.17) is 5.73 Å². The van der Waals surface area contributed by atoms with Gasteiger partial charge in [0.05, 0.1) is 6.10 Å². The second-order valence-electron chi connectivity index (χ2n) is 7.95. The molecule has 2 atom stereocenters. The van der Waals surface area contributed by atoms with Crippen LogP contribution in [0.3, 0.4) is 0 Å². The van der Waals surface area contributed by atoms with E-state index in [0.717, 1.165) is 44.4 Å². The summed E-state index contributed by atoms with van der Waals surface area (Å²) in [5.41, 5.74) is 5.66. The Balaban J connectivity index is 3.47. The van der Waals surface area contributed by atoms with Crippen LogP contribution < -0.4 is 11.1 Å². The van der Waals surface area contributed by atoms with Gasteiger partial charge >= 0.3 is 0 Å². The first-order valence-electron chi connectivity index (χ1n) is 11.1. The molecule has 1 unspecified atom stereocenters. The van der Waals surface area contributed by atoms with E-state index in [0.29, 0.717) is 13.0 Å². The zero-order valence-corrected chi connectivity index (χ0v) is 18.1. The molecule has 27 heavy (non-hydrogen) atoms. The Morgan fingerprint density at radius 3 is 2.33 bits per heavy atom. The lowest BCUT2D eigenvalue weighted by molar-refractivity contribution is -0.121. The summed E-state index contributed by atoms with van der Waals surface area (Å²) in [6, 6.07) is 0.0131. The van der Waals surface area contributed by atoms with Crippen molar-refractivity contribution >= 4 is 5.91 Å². The summed E-state index contributed by atoms with van der Waals surface area (Å²) in [5, 5.41) is 12.9. The number of amides is 1. The quantitative estimate of drug-likeness (QED) is 0.230. The molecule has 0 aromatic heterocycles. The van der Waals surface area contributed by atoms with Gasteiger partial charge in [-0.2, -0.15) is 0 Å². The molecule has 0 aliphatic carbocycles. The third-order valence-electron chi connectivity index (χ3n) is 5.01. The van der Waals surface area contributed by atoms with Gasteiger partial charge in [-0.05, 0) is 38.0 Å². The second-order valence-corrected chi connectivity index (χ2v) is 7.95. The molecule has 0 aliphatic rings. The molecule has 4 heteroatoms. The van der Waals surface area contributed by atoms with E-state index < -0.39 is 0 Å². The fourth-order valence-electron chi connectivity index (χ4n) is 3.08. The molecule has 4 N–H and O–H groups in total. The van der Waals surface area contributed by atoms with Crippen LogP contribution in [0.2, 0.25) is 0 Å². The van der Waals surface area contributed by atoms with Gasteiger partial charge in [0.2, 0.25) is 5.91 Å². The van der Waals surface area contributed by atoms with Gasteiger partial charge in [-0.25, -0.2) is 0 Å². The minimum atomic E-state index is -0.169. The van der Waals surface area contributed by atoms with E-state index in [1.165, 1.54) is 38.5 Å². The van der Waals surface area contributed by atoms with E-state index >= 15 is 0 Å². The zero-order valence-electron chi connectivity index (χ0n) is 18.1. The molecule has 0 aromatic carbocycles. The van der Waals surface area contributed by atoms with E-state index in [2.05, 4.69) is 24.4 Å². The molecular weight excluding hydrogens is 336 g/mol. The highest BCUT2D eigenvalue weighted by Crippen LogP contribution is 2.11. The number of carbonyl (C=O) groups is 1. The van der Waals surface area contributed by atoms with Crippen molar-refractivity contribution in [3.8, 4) is 0 Å². The van der Waals surface area contributed by atoms with Crippen molar-refractivity contribution in [1.82, 2.24) is 5.32 Å². The predicted molar refractivity (Wildman–Crippen MR) is 116 cm³/mol. The molecule has 0 saturated heterocycles. The molecular formula is C23H45N2O2. The maximum atomic E-state index is 11.9. The van der Waals surface area contributed by atoms with E-state index in [9.17, 15) is 9.90 Å². The molecule has 1 amide bonds. The summed E-state index contributed by atoms with van der Waals surface area (Å²) in [6.45, 7) is 6.68. The normalized spacial score (nSPS) is 14.0. The van der Waals surface area contributed by atoms with Gasteiger partial charge in [-0.3, -0.25) is 4.79 Å². The monoisotopic (exact) mass is 381 g/mol. The Morgan fingerprint density at radius 2 is 1.67 bits per heavy atom. The van der Waals surface area contributed by atoms with E-state index in [1.54, 1.807) is 0 Å². The van der Waals surface area contributed by atoms with Crippen molar-refractivity contribution in [3.63, 3.8) is 0 Å². The van der Waals surface area contributed by atoms with Gasteiger partial charge in [-0.15, -0.1) is 0 Å². The number of hydrogen-bond donors (Lipinski definition) is 3. The minimum absolute atomic E-state index is 0.0131. The summed E-state index contributed by atoms with van der Waals surface area (Å²) in [7, 11) is 0. The second kappa shape index (κ2) is 18.5. The number of hydrogen-bond acceptors (Lipinski definition) is 3. The first-order valence-corrected chi connectivity index (χ1v) is 11.1. The third kappa shape index (κ3) is 17.0. The van der Waals surface area contributed by atoms with Crippen LogP contribution in [0.1, 0.15) is 104 Å². The predicted octanol–water partition coefficient (Wildman–Crippen LogP) is 5.05. The number of unbranched alkanes of at least 4 members (excludes halogenated alkanes) is 8. The van der Waals surface area contributed by atoms with Crippen molar-refractivity contribution < 1.29 is 9.90 Å². The molecule has 0 aromatic rings. The van der Waals surface area contributed by atoms with Gasteiger partial charge in [0.1, 0.15) is 0 Å². The summed E-state index contributed by atoms with van der Waals surface area (Å²) >= 11 is 0. The highest BCUT2D eigenvalue weighted by Gasteiger charge is 2.14. The van der Waals surface area contributed by atoms with Gasteiger partial charge < -0.3 is 16.2 Å². The standard InChI is InChI=1S/C23H45N2O2/c1-4-5-6-13-16-21(26)17-14-11-9-7-8-10-12-15-18-23(27)25-22(19-24)20(2)3/h11,14,21-22,26H,4-10,12-13,15-19,24H2,1-3H3,(H,25,27)/b14-11-/t21-,22?/m1/s1. The lowest BCUT2D eigenvalue weighted by atomic mass is 10.0. The molecule has 1 radical (unpaired) electrons. The van der Waals surface area contributed by atoms with Gasteiger partial charge in [0.25, 0.3) is 0 Å². The van der Waals surface area contributed by atoms with E-state index in [-0.39, 0.29) is 18.1 Å². The Hall–Kier alpha value is -0.870. The van der Waals surface area contributed by atoms with Crippen molar-refractivity contribution in [2.24, 2.45) is 5.73 Å². The summed E-state index contributed by atoms with van der Waals surface area (Å²) in [6.07, 6.45) is 18.1. The number of nitrogens with one attached hydrogen (secondary N) is 1. The maximum Gasteiger partial charge on any atom is 0.220 e. The SMILES string of the molecule is CCCCCC[C@@H](O)C/C=C\CCCCCCCC(=O)NC(CN)[C](C)C. The number of allylic oxidation sites excluding steroid dienone is 1. The zero-order chi connectivity index (χ0) is 20.3. The smallest absolute Gasteiger partial charge is 0.220 e. The molecule has 0 heterocycles. The van der Waals surface area contributed by atoms with Crippen molar-refractivity contribution in [2.45, 2.75) is 116 Å². The van der Waals surface area contributed by atoms with Crippen LogP contribution in [0.25, 0.3) is 0 Å². The fourth-order valence-corrected chi connectivity index (χ4v) is 3.08. The molecule has 159 valence electrons. The molecule has 0 fully saturated rings. The summed E-state index contributed by atoms with van der Waals surface area (Å²) in [4.78, 5) is 11.9. The molecule has 0 bridgehead atoms. The molecule has 0 spiro atoms. The molecule has 0 aliphatic heterocycles. The molecule has 4 nitrogen and oxygen atoms in total. The number of nitrogens with two attached hydrogens (primary N) is 1. The van der Waals surface area contributed by atoms with Crippen molar-refractivity contribution in [1.29, 1.82) is 0 Å². The number of carbonyl (C=O) groups excluding carboxylic acids is 1. The van der Waals surface area contributed by atoms with Crippen molar-refractivity contribution in [2.75, 3.05) is 6.54 Å². The first kappa shape index (κ1) is 26.1. The average molecular weight is 382 g/mol. The lowest BCUT2D eigenvalue weighted by Gasteiger charge is -2.19. The largest absolute Gasteiger partial charge is 0.393 e. The van der Waals surface area contributed by atoms with Crippen molar-refractivity contribution in [3.05, 3.63) is 18.1 Å². The Kier molecular flexibility index (Phi) is 17.9. The van der Waals surface area contributed by atoms with Gasteiger partial charge in [0, 0.05) is 19.0 Å². The fraction of sp³-hybridized carbons (Fsp3) is 0.826. The average Bonchev–Trinajstić information content (AvgIpc) is 2.64. The highest BCUT2D eigenvalue weighted by atomic mass is 16.3. The Morgan fingerprint density at radius 1 is 1.00 bits per heavy atom. The third-order valence-corrected chi connectivity index (χ3v) is 5.01. The summed E-state index contributed by atoms with van der Waals surface area (Å²) in [5.74, 6) is 1.27. The number of aliphatic hydroxyl groups is 1. The lowest BCUT2D eigenvalue weighted by Crippen LogP contribution is -2.42. The van der Waals surface area contributed by atoms with Gasteiger partial charge in [-0.1, -0.05) is 77.9 Å². The minimum Gasteiger partial charge on any atom is -0.393 e. The molecule has 0 saturated carbocycles. The number of aliphatic hydroxyl groups excluding tert-OH is 1. The first-order chi connectivity index (χ1) is 13.0. The van der Waals surface area contributed by atoms with Gasteiger partial charge in [0.15, 0.2) is 0 Å². The van der Waals surface area contributed by atoms with Crippen LogP contribution in [-0.4, -0.2) is 29.7 Å². The summed E-state index contributed by atoms with van der Waals surface area (Å²) < 4.78 is 0. The van der Waals surface area contributed by atoms with Crippen LogP contribution in [0.15, 0.2) is 12.2 Å². The highest BCUT2D eigenvalue weighted by molar-refractivity contribution is 5.76. The van der Waals surface area contributed by atoms with Crippen LogP contribution in [0.4, 0.5) is 0 Å². The molecule has 0 rings (SSSR count). The number of rotatable bonds is 18. The maximum absolute atomic E-state index is 11.9. The van der Waals surface area contributed by atoms with Crippen LogP contribution in [-0.2, 0) is 4.79 Å².